The highest BCUT2D eigenvalue weighted by Gasteiger charge is 2.04. The van der Waals surface area contributed by atoms with E-state index in [1.165, 1.54) is 6.08 Å². The number of rotatable bonds is 3. The maximum Gasteiger partial charge on any atom is 0.250 e. The first-order chi connectivity index (χ1) is 12.5. The van der Waals surface area contributed by atoms with Crippen LogP contribution in [-0.2, 0) is 4.79 Å². The Kier molecular flexibility index (Phi) is 5.44. The highest BCUT2D eigenvalue weighted by molar-refractivity contribution is 7.80. The van der Waals surface area contributed by atoms with Gasteiger partial charge in [0.2, 0.25) is 5.91 Å². The minimum absolute atomic E-state index is 0.263. The molecule has 0 aliphatic heterocycles. The Morgan fingerprint density at radius 1 is 1.00 bits per heavy atom. The van der Waals surface area contributed by atoms with E-state index in [4.69, 9.17) is 12.2 Å². The van der Waals surface area contributed by atoms with Crippen molar-refractivity contribution in [1.82, 2.24) is 5.32 Å². The van der Waals surface area contributed by atoms with E-state index in [-0.39, 0.29) is 11.0 Å². The molecule has 0 saturated heterocycles. The van der Waals surface area contributed by atoms with Crippen LogP contribution in [0.25, 0.3) is 16.8 Å². The summed E-state index contributed by atoms with van der Waals surface area (Å²) < 4.78 is 0. The van der Waals surface area contributed by atoms with E-state index in [1.807, 2.05) is 62.4 Å². The standard InChI is InChI=1S/C22H20N2OS/c1-15-10-11-16(2)20(14-15)23-22(26)24-21(25)13-12-18-8-5-7-17-6-3-4-9-19(17)18/h3-14H,1-2H3,(H2,23,24,25,26)/b13-12+. The zero-order valence-corrected chi connectivity index (χ0v) is 15.6. The summed E-state index contributed by atoms with van der Waals surface area (Å²) >= 11 is 5.25. The largest absolute Gasteiger partial charge is 0.332 e. The van der Waals surface area contributed by atoms with E-state index in [0.717, 1.165) is 33.2 Å². The van der Waals surface area contributed by atoms with E-state index < -0.39 is 0 Å². The summed E-state index contributed by atoms with van der Waals surface area (Å²) in [6.07, 6.45) is 3.30. The van der Waals surface area contributed by atoms with Crippen molar-refractivity contribution in [3.05, 3.63) is 83.4 Å². The van der Waals surface area contributed by atoms with Crippen LogP contribution in [0.5, 0.6) is 0 Å². The average molecular weight is 360 g/mol. The highest BCUT2D eigenvalue weighted by Crippen LogP contribution is 2.19. The van der Waals surface area contributed by atoms with Crippen LogP contribution in [0, 0.1) is 13.8 Å². The molecule has 0 unspecified atom stereocenters. The molecule has 26 heavy (non-hydrogen) atoms. The molecule has 0 radical (unpaired) electrons. The third kappa shape index (κ3) is 4.35. The Balaban J connectivity index is 1.67. The van der Waals surface area contributed by atoms with Crippen LogP contribution in [0.2, 0.25) is 0 Å². The predicted molar refractivity (Wildman–Crippen MR) is 113 cm³/mol. The summed E-state index contributed by atoms with van der Waals surface area (Å²) in [7, 11) is 0. The molecule has 0 saturated carbocycles. The molecule has 3 nitrogen and oxygen atoms in total. The van der Waals surface area contributed by atoms with Crippen molar-refractivity contribution in [3.8, 4) is 0 Å². The van der Waals surface area contributed by atoms with Gasteiger partial charge in [0.15, 0.2) is 5.11 Å². The number of fused-ring (bicyclic) bond motifs is 1. The first-order valence-electron chi connectivity index (χ1n) is 8.38. The number of benzene rings is 3. The van der Waals surface area contributed by atoms with Gasteiger partial charge in [-0.3, -0.25) is 10.1 Å². The van der Waals surface area contributed by atoms with Crippen LogP contribution >= 0.6 is 12.2 Å². The van der Waals surface area contributed by atoms with Crippen molar-refractivity contribution >= 4 is 45.8 Å². The molecule has 3 rings (SSSR count). The third-order valence-corrected chi connectivity index (χ3v) is 4.32. The van der Waals surface area contributed by atoms with Gasteiger partial charge in [0, 0.05) is 11.8 Å². The van der Waals surface area contributed by atoms with E-state index >= 15 is 0 Å². The molecule has 130 valence electrons. The fourth-order valence-electron chi connectivity index (χ4n) is 2.74. The molecule has 0 spiro atoms. The lowest BCUT2D eigenvalue weighted by Gasteiger charge is -2.11. The van der Waals surface area contributed by atoms with E-state index in [9.17, 15) is 4.79 Å². The fraction of sp³-hybridized carbons (Fsp3) is 0.0909. The normalized spacial score (nSPS) is 10.8. The number of carbonyl (C=O) groups excluding carboxylic acids is 1. The summed E-state index contributed by atoms with van der Waals surface area (Å²) in [5.74, 6) is -0.263. The number of hydrogen-bond donors (Lipinski definition) is 2. The van der Waals surface area contributed by atoms with Crippen molar-refractivity contribution in [2.45, 2.75) is 13.8 Å². The minimum Gasteiger partial charge on any atom is -0.332 e. The molecule has 1 amide bonds. The molecule has 0 aliphatic rings. The smallest absolute Gasteiger partial charge is 0.250 e. The van der Waals surface area contributed by atoms with Crippen molar-refractivity contribution in [2.75, 3.05) is 5.32 Å². The number of thiocarbonyl (C=S) groups is 1. The summed E-state index contributed by atoms with van der Waals surface area (Å²) in [6, 6.07) is 20.1. The lowest BCUT2D eigenvalue weighted by Crippen LogP contribution is -2.33. The van der Waals surface area contributed by atoms with Gasteiger partial charge in [-0.05, 0) is 65.7 Å². The van der Waals surface area contributed by atoms with Crippen LogP contribution in [0.15, 0.2) is 66.7 Å². The van der Waals surface area contributed by atoms with Gasteiger partial charge in [-0.2, -0.15) is 0 Å². The SMILES string of the molecule is Cc1ccc(C)c(NC(=S)NC(=O)/C=C/c2cccc3ccccc23)c1. The van der Waals surface area contributed by atoms with Gasteiger partial charge in [-0.25, -0.2) is 0 Å². The van der Waals surface area contributed by atoms with Crippen LogP contribution < -0.4 is 10.6 Å². The second kappa shape index (κ2) is 7.93. The predicted octanol–water partition coefficient (Wildman–Crippen LogP) is 4.98. The Morgan fingerprint density at radius 2 is 1.77 bits per heavy atom. The second-order valence-corrected chi connectivity index (χ2v) is 6.57. The molecular weight excluding hydrogens is 340 g/mol. The molecule has 0 fully saturated rings. The van der Waals surface area contributed by atoms with Gasteiger partial charge in [0.05, 0.1) is 0 Å². The summed E-state index contributed by atoms with van der Waals surface area (Å²) in [5, 5.41) is 8.29. The highest BCUT2D eigenvalue weighted by atomic mass is 32.1. The monoisotopic (exact) mass is 360 g/mol. The van der Waals surface area contributed by atoms with Gasteiger partial charge >= 0.3 is 0 Å². The topological polar surface area (TPSA) is 41.1 Å². The molecule has 2 N–H and O–H groups in total. The summed E-state index contributed by atoms with van der Waals surface area (Å²) in [6.45, 7) is 4.01. The maximum atomic E-state index is 12.2. The molecule has 4 heteroatoms. The Hall–Kier alpha value is -2.98. The van der Waals surface area contributed by atoms with Crippen molar-refractivity contribution in [2.24, 2.45) is 0 Å². The van der Waals surface area contributed by atoms with Crippen LogP contribution in [0.3, 0.4) is 0 Å². The van der Waals surface area contributed by atoms with Gasteiger partial charge in [0.1, 0.15) is 0 Å². The third-order valence-electron chi connectivity index (χ3n) is 4.12. The number of anilines is 1. The summed E-state index contributed by atoms with van der Waals surface area (Å²) in [5.41, 5.74) is 4.08. The van der Waals surface area contributed by atoms with Gasteiger partial charge in [-0.15, -0.1) is 0 Å². The van der Waals surface area contributed by atoms with Crippen LogP contribution in [-0.4, -0.2) is 11.0 Å². The summed E-state index contributed by atoms with van der Waals surface area (Å²) in [4.78, 5) is 12.2. The van der Waals surface area contributed by atoms with Crippen LogP contribution in [0.1, 0.15) is 16.7 Å². The van der Waals surface area contributed by atoms with Crippen molar-refractivity contribution in [1.29, 1.82) is 0 Å². The Bertz CT molecular complexity index is 1000. The molecule has 0 atom stereocenters. The lowest BCUT2D eigenvalue weighted by atomic mass is 10.0. The molecular formula is C22H20N2OS. The molecule has 0 bridgehead atoms. The van der Waals surface area contributed by atoms with Crippen molar-refractivity contribution in [3.63, 3.8) is 0 Å². The van der Waals surface area contributed by atoms with Gasteiger partial charge in [0.25, 0.3) is 0 Å². The molecule has 3 aromatic carbocycles. The molecule has 0 heterocycles. The molecule has 0 aromatic heterocycles. The quantitative estimate of drug-likeness (QED) is 0.511. The van der Waals surface area contributed by atoms with E-state index in [0.29, 0.717) is 0 Å². The van der Waals surface area contributed by atoms with Gasteiger partial charge < -0.3 is 5.32 Å². The first-order valence-corrected chi connectivity index (χ1v) is 8.79. The second-order valence-electron chi connectivity index (χ2n) is 6.16. The van der Waals surface area contributed by atoms with E-state index in [1.54, 1.807) is 6.08 Å². The number of hydrogen-bond acceptors (Lipinski definition) is 2. The van der Waals surface area contributed by atoms with Crippen LogP contribution in [0.4, 0.5) is 5.69 Å². The average Bonchev–Trinajstić information content (AvgIpc) is 2.63. The minimum atomic E-state index is -0.263. The zero-order chi connectivity index (χ0) is 18.5. The van der Waals surface area contributed by atoms with E-state index in [2.05, 4.69) is 22.8 Å². The number of nitrogens with one attached hydrogen (secondary N) is 2. The zero-order valence-electron chi connectivity index (χ0n) is 14.7. The molecule has 3 aromatic rings. The maximum absolute atomic E-state index is 12.2. The number of carbonyl (C=O) groups is 1. The number of amides is 1. The first kappa shape index (κ1) is 17.8. The van der Waals surface area contributed by atoms with Gasteiger partial charge in [-0.1, -0.05) is 54.6 Å². The Labute approximate surface area is 158 Å². The Morgan fingerprint density at radius 3 is 2.62 bits per heavy atom. The fourth-order valence-corrected chi connectivity index (χ4v) is 2.95. The number of aryl methyl sites for hydroxylation is 2. The molecule has 0 aliphatic carbocycles. The lowest BCUT2D eigenvalue weighted by molar-refractivity contribution is -0.115. The van der Waals surface area contributed by atoms with Crippen molar-refractivity contribution < 1.29 is 4.79 Å².